The summed E-state index contributed by atoms with van der Waals surface area (Å²) in [6.45, 7) is 4.26. The van der Waals surface area contributed by atoms with Crippen molar-refractivity contribution in [1.82, 2.24) is 20.6 Å². The molecule has 0 fully saturated rings. The van der Waals surface area contributed by atoms with Crippen LogP contribution in [0.3, 0.4) is 0 Å². The molecule has 2 aromatic heterocycles. The van der Waals surface area contributed by atoms with Gasteiger partial charge in [-0.15, -0.1) is 21.5 Å². The highest BCUT2D eigenvalue weighted by molar-refractivity contribution is 7.19. The first-order valence-electron chi connectivity index (χ1n) is 10.3. The Kier molecular flexibility index (Phi) is 5.25. The lowest BCUT2D eigenvalue weighted by atomic mass is 9.95. The Bertz CT molecular complexity index is 1420. The molecule has 0 saturated heterocycles. The fraction of sp³-hybridized carbons (Fsp3) is 0.120. The zero-order valence-electron chi connectivity index (χ0n) is 17.6. The van der Waals surface area contributed by atoms with Crippen LogP contribution in [0.15, 0.2) is 66.7 Å². The number of fused-ring (bicyclic) bond motifs is 1. The SMILES string of the molecule is CCOC(=O)c1cccc(-c2cc(-c3nn[nH]n3)sc2-c2ccc(C)c3ccccc23)c1. The molecule has 2 heterocycles. The first-order chi connectivity index (χ1) is 15.7. The molecule has 1 N–H and O–H groups in total. The van der Waals surface area contributed by atoms with Gasteiger partial charge in [0.15, 0.2) is 0 Å². The summed E-state index contributed by atoms with van der Waals surface area (Å²) in [6.07, 6.45) is 0. The second-order valence-corrected chi connectivity index (χ2v) is 8.42. The van der Waals surface area contributed by atoms with Crippen LogP contribution in [-0.4, -0.2) is 33.2 Å². The molecule has 0 atom stereocenters. The molecule has 0 bridgehead atoms. The Hall–Kier alpha value is -3.84. The minimum absolute atomic E-state index is 0.328. The van der Waals surface area contributed by atoms with Crippen LogP contribution >= 0.6 is 11.3 Å². The Morgan fingerprint density at radius 3 is 2.62 bits per heavy atom. The van der Waals surface area contributed by atoms with Crippen molar-refractivity contribution in [2.75, 3.05) is 6.61 Å². The summed E-state index contributed by atoms with van der Waals surface area (Å²) < 4.78 is 5.20. The van der Waals surface area contributed by atoms with Gasteiger partial charge in [-0.05, 0) is 59.2 Å². The first-order valence-corrected chi connectivity index (χ1v) is 11.1. The second kappa shape index (κ2) is 8.36. The Labute approximate surface area is 188 Å². The van der Waals surface area contributed by atoms with E-state index < -0.39 is 0 Å². The molecule has 6 nitrogen and oxygen atoms in total. The number of benzene rings is 3. The number of esters is 1. The summed E-state index contributed by atoms with van der Waals surface area (Å²) in [5.74, 6) is 0.214. The van der Waals surface area contributed by atoms with Crippen LogP contribution in [0.25, 0.3) is 43.0 Å². The number of ether oxygens (including phenoxy) is 1. The number of thiophene rings is 1. The number of carbonyl (C=O) groups excluding carboxylic acids is 1. The minimum atomic E-state index is -0.328. The second-order valence-electron chi connectivity index (χ2n) is 7.37. The molecule has 5 aromatic rings. The van der Waals surface area contributed by atoms with Gasteiger partial charge < -0.3 is 4.74 Å². The van der Waals surface area contributed by atoms with Crippen molar-refractivity contribution in [3.05, 3.63) is 77.9 Å². The number of aromatic nitrogens is 4. The minimum Gasteiger partial charge on any atom is -0.462 e. The van der Waals surface area contributed by atoms with Crippen molar-refractivity contribution < 1.29 is 9.53 Å². The highest BCUT2D eigenvalue weighted by atomic mass is 32.1. The molecule has 32 heavy (non-hydrogen) atoms. The number of aromatic amines is 1. The molecule has 0 aliphatic rings. The standard InChI is InChI=1S/C25H20N4O2S/c1-3-31-25(30)17-8-6-7-16(13-17)21-14-22(24-26-28-29-27-24)32-23(21)20-12-11-15(2)18-9-4-5-10-19(18)20/h4-14H,3H2,1-2H3,(H,26,27,28,29). The average molecular weight is 441 g/mol. The number of nitrogens with one attached hydrogen (secondary N) is 1. The molecular formula is C25H20N4O2S. The topological polar surface area (TPSA) is 80.8 Å². The van der Waals surface area contributed by atoms with Gasteiger partial charge in [0.25, 0.3) is 0 Å². The summed E-state index contributed by atoms with van der Waals surface area (Å²) in [4.78, 5) is 14.3. The Morgan fingerprint density at radius 1 is 1.00 bits per heavy atom. The molecule has 0 saturated carbocycles. The van der Waals surface area contributed by atoms with Crippen LogP contribution in [-0.2, 0) is 4.74 Å². The largest absolute Gasteiger partial charge is 0.462 e. The van der Waals surface area contributed by atoms with Gasteiger partial charge in [-0.25, -0.2) is 4.79 Å². The molecule has 0 amide bonds. The lowest BCUT2D eigenvalue weighted by Gasteiger charge is -2.11. The lowest BCUT2D eigenvalue weighted by molar-refractivity contribution is 0.0526. The first kappa shape index (κ1) is 20.1. The molecule has 0 radical (unpaired) electrons. The van der Waals surface area contributed by atoms with E-state index in [4.69, 9.17) is 4.74 Å². The van der Waals surface area contributed by atoms with E-state index in [1.54, 1.807) is 24.3 Å². The maximum atomic E-state index is 12.3. The number of tetrazole rings is 1. The van der Waals surface area contributed by atoms with Crippen LogP contribution in [0.2, 0.25) is 0 Å². The number of aryl methyl sites for hydroxylation is 1. The molecule has 158 valence electrons. The fourth-order valence-corrected chi connectivity index (χ4v) is 5.01. The van der Waals surface area contributed by atoms with Gasteiger partial charge in [0.05, 0.1) is 17.0 Å². The van der Waals surface area contributed by atoms with E-state index in [1.807, 2.05) is 18.2 Å². The van der Waals surface area contributed by atoms with Crippen LogP contribution in [0, 0.1) is 6.92 Å². The van der Waals surface area contributed by atoms with Crippen molar-refractivity contribution >= 4 is 28.1 Å². The van der Waals surface area contributed by atoms with Crippen LogP contribution in [0.4, 0.5) is 0 Å². The van der Waals surface area contributed by atoms with Crippen LogP contribution in [0.5, 0.6) is 0 Å². The number of H-pyrrole nitrogens is 1. The fourth-order valence-electron chi connectivity index (χ4n) is 3.86. The normalized spacial score (nSPS) is 11.1. The molecule has 0 aliphatic carbocycles. The number of carbonyl (C=O) groups is 1. The smallest absolute Gasteiger partial charge is 0.338 e. The summed E-state index contributed by atoms with van der Waals surface area (Å²) in [5, 5.41) is 17.0. The van der Waals surface area contributed by atoms with Crippen molar-refractivity contribution in [1.29, 1.82) is 0 Å². The third-order valence-corrected chi connectivity index (χ3v) is 6.53. The third-order valence-electron chi connectivity index (χ3n) is 5.37. The molecule has 0 aliphatic heterocycles. The van der Waals surface area contributed by atoms with Gasteiger partial charge in [-0.3, -0.25) is 0 Å². The number of rotatable bonds is 5. The predicted octanol–water partition coefficient (Wildman–Crippen LogP) is 5.90. The van der Waals surface area contributed by atoms with E-state index in [0.29, 0.717) is 18.0 Å². The average Bonchev–Trinajstić information content (AvgIpc) is 3.50. The maximum absolute atomic E-state index is 12.3. The van der Waals surface area contributed by atoms with E-state index in [1.165, 1.54) is 16.3 Å². The van der Waals surface area contributed by atoms with Crippen molar-refractivity contribution in [2.24, 2.45) is 0 Å². The Morgan fingerprint density at radius 2 is 1.84 bits per heavy atom. The van der Waals surface area contributed by atoms with Gasteiger partial charge in [0.1, 0.15) is 0 Å². The maximum Gasteiger partial charge on any atom is 0.338 e. The predicted molar refractivity (Wildman–Crippen MR) is 127 cm³/mol. The third kappa shape index (κ3) is 3.56. The summed E-state index contributed by atoms with van der Waals surface area (Å²) >= 11 is 1.61. The molecule has 5 rings (SSSR count). The molecular weight excluding hydrogens is 420 g/mol. The van der Waals surface area contributed by atoms with Crippen molar-refractivity contribution in [3.63, 3.8) is 0 Å². The lowest BCUT2D eigenvalue weighted by Crippen LogP contribution is -2.04. The quantitative estimate of drug-likeness (QED) is 0.344. The molecule has 3 aromatic carbocycles. The summed E-state index contributed by atoms with van der Waals surface area (Å²) in [7, 11) is 0. The summed E-state index contributed by atoms with van der Waals surface area (Å²) in [5.41, 5.74) is 4.82. The van der Waals surface area contributed by atoms with E-state index in [2.05, 4.69) is 70.0 Å². The van der Waals surface area contributed by atoms with Crippen LogP contribution < -0.4 is 0 Å². The van der Waals surface area contributed by atoms with E-state index >= 15 is 0 Å². The van der Waals surface area contributed by atoms with Crippen molar-refractivity contribution in [2.45, 2.75) is 13.8 Å². The number of nitrogens with zero attached hydrogens (tertiary/aromatic N) is 3. The number of hydrogen-bond acceptors (Lipinski definition) is 6. The van der Waals surface area contributed by atoms with Gasteiger partial charge in [-0.1, -0.05) is 48.5 Å². The zero-order valence-corrected chi connectivity index (χ0v) is 18.4. The number of hydrogen-bond donors (Lipinski definition) is 1. The van der Waals surface area contributed by atoms with Crippen molar-refractivity contribution in [3.8, 4) is 32.3 Å². The summed E-state index contributed by atoms with van der Waals surface area (Å²) in [6, 6.07) is 22.3. The molecule has 0 unspecified atom stereocenters. The highest BCUT2D eigenvalue weighted by Gasteiger charge is 2.19. The van der Waals surface area contributed by atoms with E-state index in [-0.39, 0.29) is 5.97 Å². The Balaban J connectivity index is 1.74. The van der Waals surface area contributed by atoms with Crippen LogP contribution in [0.1, 0.15) is 22.8 Å². The van der Waals surface area contributed by atoms with Gasteiger partial charge in [0, 0.05) is 16.0 Å². The van der Waals surface area contributed by atoms with Gasteiger partial charge in [-0.2, -0.15) is 5.21 Å². The van der Waals surface area contributed by atoms with E-state index in [9.17, 15) is 4.79 Å². The highest BCUT2D eigenvalue weighted by Crippen LogP contribution is 2.45. The van der Waals surface area contributed by atoms with E-state index in [0.717, 1.165) is 26.4 Å². The monoisotopic (exact) mass is 440 g/mol. The van der Waals surface area contributed by atoms with Gasteiger partial charge >= 0.3 is 5.97 Å². The zero-order chi connectivity index (χ0) is 22.1. The van der Waals surface area contributed by atoms with Gasteiger partial charge in [0.2, 0.25) is 5.82 Å². The molecule has 7 heteroatoms. The molecule has 0 spiro atoms.